The average Bonchev–Trinajstić information content (AvgIpc) is 2.20. The smallest absolute Gasteiger partial charge is 0.309 e. The first-order valence-corrected chi connectivity index (χ1v) is 8.34. The lowest BCUT2D eigenvalue weighted by molar-refractivity contribution is -0.238. The van der Waals surface area contributed by atoms with Gasteiger partial charge >= 0.3 is 5.97 Å². The highest BCUT2D eigenvalue weighted by Crippen LogP contribution is 2.71. The largest absolute Gasteiger partial charge is 0.459 e. The van der Waals surface area contributed by atoms with Gasteiger partial charge in [-0.15, -0.1) is 0 Å². The second kappa shape index (κ2) is 4.01. The summed E-state index contributed by atoms with van der Waals surface area (Å²) in [6.07, 6.45) is 8.10. The minimum absolute atomic E-state index is 0.0326. The Kier molecular flexibility index (Phi) is 2.89. The number of esters is 1. The van der Waals surface area contributed by atoms with Crippen molar-refractivity contribution in [2.75, 3.05) is 0 Å². The Morgan fingerprint density at radius 3 is 1.70 bits per heavy atom. The maximum Gasteiger partial charge on any atom is 0.309 e. The summed E-state index contributed by atoms with van der Waals surface area (Å²) in [5.41, 5.74) is 0.990. The molecule has 0 amide bonds. The van der Waals surface area contributed by atoms with Crippen LogP contribution in [0.3, 0.4) is 0 Å². The number of ether oxygens (including phenoxy) is 1. The molecular formula is C18H30O2. The van der Waals surface area contributed by atoms with E-state index in [4.69, 9.17) is 4.74 Å². The summed E-state index contributed by atoms with van der Waals surface area (Å²) in [6.45, 7) is 11.3. The van der Waals surface area contributed by atoms with Crippen molar-refractivity contribution in [1.82, 2.24) is 0 Å². The van der Waals surface area contributed by atoms with Gasteiger partial charge in [0.25, 0.3) is 0 Å². The van der Waals surface area contributed by atoms with Gasteiger partial charge in [0.15, 0.2) is 0 Å². The van der Waals surface area contributed by atoms with E-state index in [1.165, 1.54) is 19.3 Å². The van der Waals surface area contributed by atoms with Crippen LogP contribution in [0.4, 0.5) is 0 Å². The van der Waals surface area contributed by atoms with E-state index < -0.39 is 0 Å². The number of hydrogen-bond acceptors (Lipinski definition) is 2. The lowest BCUT2D eigenvalue weighted by Crippen LogP contribution is -2.63. The van der Waals surface area contributed by atoms with Crippen molar-refractivity contribution in [2.45, 2.75) is 85.2 Å². The van der Waals surface area contributed by atoms with E-state index in [1.54, 1.807) is 0 Å². The fourth-order valence-corrected chi connectivity index (χ4v) is 6.76. The van der Waals surface area contributed by atoms with Gasteiger partial charge in [0.05, 0.1) is 5.92 Å². The van der Waals surface area contributed by atoms with E-state index in [0.717, 1.165) is 25.7 Å². The van der Waals surface area contributed by atoms with Crippen molar-refractivity contribution in [3.63, 3.8) is 0 Å². The van der Waals surface area contributed by atoms with Crippen molar-refractivity contribution >= 4 is 5.97 Å². The quantitative estimate of drug-likeness (QED) is 0.699. The van der Waals surface area contributed by atoms with Gasteiger partial charge in [-0.1, -0.05) is 34.6 Å². The van der Waals surface area contributed by atoms with Gasteiger partial charge in [0.1, 0.15) is 5.60 Å². The number of rotatable bonds is 3. The van der Waals surface area contributed by atoms with Crippen LogP contribution in [0.2, 0.25) is 0 Å². The summed E-state index contributed by atoms with van der Waals surface area (Å²) in [5, 5.41) is 0. The van der Waals surface area contributed by atoms with Gasteiger partial charge in [-0.05, 0) is 61.2 Å². The molecule has 4 bridgehead atoms. The number of carbonyl (C=O) groups is 1. The molecule has 0 aromatic rings. The molecule has 20 heavy (non-hydrogen) atoms. The Bertz CT molecular complexity index is 385. The van der Waals surface area contributed by atoms with Crippen molar-refractivity contribution in [3.05, 3.63) is 0 Å². The van der Waals surface area contributed by atoms with Crippen LogP contribution in [0.25, 0.3) is 0 Å². The Labute approximate surface area is 123 Å². The Morgan fingerprint density at radius 2 is 1.35 bits per heavy atom. The molecule has 0 aromatic carbocycles. The van der Waals surface area contributed by atoms with E-state index in [2.05, 4.69) is 27.7 Å². The van der Waals surface area contributed by atoms with Gasteiger partial charge in [0, 0.05) is 0 Å². The fourth-order valence-electron chi connectivity index (χ4n) is 6.76. The summed E-state index contributed by atoms with van der Waals surface area (Å²) in [5.74, 6) is 0.0710. The highest BCUT2D eigenvalue weighted by molar-refractivity contribution is 5.72. The van der Waals surface area contributed by atoms with Gasteiger partial charge in [-0.2, -0.15) is 0 Å². The van der Waals surface area contributed by atoms with Crippen molar-refractivity contribution < 1.29 is 9.53 Å². The van der Waals surface area contributed by atoms with Crippen LogP contribution in [0.1, 0.15) is 79.6 Å². The molecule has 0 saturated heterocycles. The zero-order valence-corrected chi connectivity index (χ0v) is 13.8. The molecule has 4 aliphatic carbocycles. The van der Waals surface area contributed by atoms with Crippen LogP contribution in [0, 0.1) is 22.2 Å². The molecule has 0 heterocycles. The molecule has 4 aliphatic rings. The molecule has 1 unspecified atom stereocenters. The molecular weight excluding hydrogens is 248 g/mol. The number of hydrogen-bond donors (Lipinski definition) is 0. The van der Waals surface area contributed by atoms with Crippen molar-refractivity contribution in [2.24, 2.45) is 22.2 Å². The standard InChI is InChI=1S/C18H30O2/c1-6-13(2)14(19)20-18-10-15(3)7-16(4,11-18)9-17(5,8-15)12-18/h13H,6-12H2,1-5H3. The molecule has 0 aromatic heterocycles. The first-order chi connectivity index (χ1) is 9.11. The van der Waals surface area contributed by atoms with Crippen LogP contribution in [-0.2, 0) is 9.53 Å². The summed E-state index contributed by atoms with van der Waals surface area (Å²) >= 11 is 0. The van der Waals surface area contributed by atoms with Crippen molar-refractivity contribution in [3.8, 4) is 0 Å². The first kappa shape index (κ1) is 14.4. The first-order valence-electron chi connectivity index (χ1n) is 8.34. The second-order valence-electron chi connectivity index (χ2n) is 9.41. The fraction of sp³-hybridized carbons (Fsp3) is 0.944. The highest BCUT2D eigenvalue weighted by Gasteiger charge is 2.65. The summed E-state index contributed by atoms with van der Waals surface area (Å²) in [4.78, 5) is 12.3. The van der Waals surface area contributed by atoms with E-state index in [-0.39, 0.29) is 17.5 Å². The highest BCUT2D eigenvalue weighted by atomic mass is 16.6. The Morgan fingerprint density at radius 1 is 0.950 bits per heavy atom. The molecule has 0 radical (unpaired) electrons. The third-order valence-electron chi connectivity index (χ3n) is 6.14. The Balaban J connectivity index is 1.88. The van der Waals surface area contributed by atoms with E-state index >= 15 is 0 Å². The third-order valence-corrected chi connectivity index (χ3v) is 6.14. The summed E-state index contributed by atoms with van der Waals surface area (Å²) < 4.78 is 6.16. The molecule has 114 valence electrons. The predicted octanol–water partition coefficient (Wildman–Crippen LogP) is 4.71. The predicted molar refractivity (Wildman–Crippen MR) is 80.3 cm³/mol. The minimum atomic E-state index is -0.159. The van der Waals surface area contributed by atoms with Gasteiger partial charge in [-0.3, -0.25) is 4.79 Å². The van der Waals surface area contributed by atoms with Crippen molar-refractivity contribution in [1.29, 1.82) is 0 Å². The minimum Gasteiger partial charge on any atom is -0.459 e. The molecule has 4 saturated carbocycles. The van der Waals surface area contributed by atoms with Gasteiger partial charge in [0.2, 0.25) is 0 Å². The second-order valence-corrected chi connectivity index (χ2v) is 9.41. The molecule has 2 nitrogen and oxygen atoms in total. The van der Waals surface area contributed by atoms with Gasteiger partial charge < -0.3 is 4.74 Å². The van der Waals surface area contributed by atoms with Gasteiger partial charge in [-0.25, -0.2) is 0 Å². The third kappa shape index (κ3) is 2.19. The zero-order valence-electron chi connectivity index (χ0n) is 13.8. The Hall–Kier alpha value is -0.530. The van der Waals surface area contributed by atoms with Crippen LogP contribution in [0.5, 0.6) is 0 Å². The molecule has 0 spiro atoms. The van der Waals surface area contributed by atoms with E-state index in [1.807, 2.05) is 6.92 Å². The molecule has 4 fully saturated rings. The molecule has 2 heteroatoms. The van der Waals surface area contributed by atoms with Crippen LogP contribution in [0.15, 0.2) is 0 Å². The monoisotopic (exact) mass is 278 g/mol. The topological polar surface area (TPSA) is 26.3 Å². The van der Waals surface area contributed by atoms with E-state index in [0.29, 0.717) is 16.2 Å². The van der Waals surface area contributed by atoms with Crippen LogP contribution >= 0.6 is 0 Å². The normalized spacial score (nSPS) is 51.0. The SMILES string of the molecule is CCC(C)C(=O)OC12CC3(C)CC(C)(CC(C)(C3)C1)C2. The number of carbonyl (C=O) groups excluding carboxylic acids is 1. The lowest BCUT2D eigenvalue weighted by Gasteiger charge is -2.68. The lowest BCUT2D eigenvalue weighted by atomic mass is 9.39. The maximum atomic E-state index is 12.3. The summed E-state index contributed by atoms with van der Waals surface area (Å²) in [7, 11) is 0. The van der Waals surface area contributed by atoms with Crippen LogP contribution < -0.4 is 0 Å². The molecule has 4 rings (SSSR count). The van der Waals surface area contributed by atoms with Crippen LogP contribution in [-0.4, -0.2) is 11.6 Å². The molecule has 0 aliphatic heterocycles. The molecule has 1 atom stereocenters. The zero-order chi connectivity index (χ0) is 14.8. The molecule has 0 N–H and O–H groups in total. The summed E-state index contributed by atoms with van der Waals surface area (Å²) in [6, 6.07) is 0. The maximum absolute atomic E-state index is 12.3. The van der Waals surface area contributed by atoms with E-state index in [9.17, 15) is 4.79 Å². The average molecular weight is 278 g/mol.